The van der Waals surface area contributed by atoms with Gasteiger partial charge in [0.1, 0.15) is 17.3 Å². The van der Waals surface area contributed by atoms with E-state index >= 15 is 0 Å². The van der Waals surface area contributed by atoms with Crippen LogP contribution in [0.2, 0.25) is 5.02 Å². The zero-order chi connectivity index (χ0) is 29.6. The number of benzene rings is 2. The van der Waals surface area contributed by atoms with Crippen molar-refractivity contribution in [1.82, 2.24) is 9.13 Å². The highest BCUT2D eigenvalue weighted by Crippen LogP contribution is 2.28. The number of aromatic nitrogens is 2. The van der Waals surface area contributed by atoms with E-state index in [0.29, 0.717) is 11.4 Å². The molecule has 40 heavy (non-hydrogen) atoms. The number of ether oxygens (including phenoxy) is 3. The van der Waals surface area contributed by atoms with Gasteiger partial charge in [-0.15, -0.1) is 13.2 Å². The SMILES string of the molecule is COC(CO)Cn1c(=O)c(C)c(/N=C(/Oc2cccc(OC(F)(F)F)c2)C(C)Cc2ccc(Cl)cc2)n(C)c1=O. The van der Waals surface area contributed by atoms with Gasteiger partial charge in [0.2, 0.25) is 0 Å². The van der Waals surface area contributed by atoms with E-state index < -0.39 is 42.0 Å². The van der Waals surface area contributed by atoms with Crippen LogP contribution in [0.15, 0.2) is 63.1 Å². The van der Waals surface area contributed by atoms with Crippen LogP contribution < -0.4 is 20.7 Å². The number of aliphatic imine (C=N–C) groups is 1. The fraction of sp³-hybridized carbons (Fsp3) is 0.370. The van der Waals surface area contributed by atoms with Gasteiger partial charge in [-0.05, 0) is 43.2 Å². The van der Waals surface area contributed by atoms with Gasteiger partial charge in [0.25, 0.3) is 5.56 Å². The van der Waals surface area contributed by atoms with E-state index in [0.717, 1.165) is 26.8 Å². The van der Waals surface area contributed by atoms with Gasteiger partial charge in [0, 0.05) is 31.2 Å². The van der Waals surface area contributed by atoms with Gasteiger partial charge in [-0.2, -0.15) is 4.99 Å². The Morgan fingerprint density at radius 3 is 2.38 bits per heavy atom. The highest BCUT2D eigenvalue weighted by molar-refractivity contribution is 6.30. The molecule has 3 aromatic rings. The third-order valence-electron chi connectivity index (χ3n) is 6.01. The first-order valence-electron chi connectivity index (χ1n) is 12.1. The number of nitrogens with zero attached hydrogens (tertiary/aromatic N) is 3. The summed E-state index contributed by atoms with van der Waals surface area (Å²) in [7, 11) is 2.77. The molecule has 13 heteroatoms. The van der Waals surface area contributed by atoms with Crippen LogP contribution in [0, 0.1) is 12.8 Å². The monoisotopic (exact) mass is 583 g/mol. The van der Waals surface area contributed by atoms with Crippen LogP contribution in [0.5, 0.6) is 11.5 Å². The lowest BCUT2D eigenvalue weighted by molar-refractivity contribution is -0.274. The highest BCUT2D eigenvalue weighted by atomic mass is 35.5. The molecule has 2 unspecified atom stereocenters. The average molecular weight is 584 g/mol. The molecule has 2 aromatic carbocycles. The summed E-state index contributed by atoms with van der Waals surface area (Å²) in [6.07, 6.45) is -5.27. The maximum Gasteiger partial charge on any atom is 0.573 e. The Balaban J connectivity index is 2.09. The smallest absolute Gasteiger partial charge is 0.442 e. The van der Waals surface area contributed by atoms with Crippen LogP contribution in [-0.2, 0) is 24.8 Å². The molecule has 1 heterocycles. The van der Waals surface area contributed by atoms with E-state index in [1.807, 2.05) is 12.1 Å². The average Bonchev–Trinajstić information content (AvgIpc) is 2.90. The molecule has 0 spiro atoms. The summed E-state index contributed by atoms with van der Waals surface area (Å²) in [5.74, 6) is -0.898. The van der Waals surface area contributed by atoms with Gasteiger partial charge < -0.3 is 19.3 Å². The summed E-state index contributed by atoms with van der Waals surface area (Å²) in [6, 6.07) is 12.0. The molecule has 0 aliphatic heterocycles. The molecule has 216 valence electrons. The van der Waals surface area contributed by atoms with E-state index in [2.05, 4.69) is 9.73 Å². The summed E-state index contributed by atoms with van der Waals surface area (Å²) < 4.78 is 55.4. The minimum Gasteiger partial charge on any atom is -0.442 e. The van der Waals surface area contributed by atoms with E-state index in [-0.39, 0.29) is 29.6 Å². The summed E-state index contributed by atoms with van der Waals surface area (Å²) in [6.45, 7) is 2.69. The molecule has 1 N–H and O–H groups in total. The third kappa shape index (κ3) is 7.96. The molecule has 2 atom stereocenters. The quantitative estimate of drug-likeness (QED) is 0.280. The predicted octanol–water partition coefficient (Wildman–Crippen LogP) is 4.40. The fourth-order valence-corrected chi connectivity index (χ4v) is 4.02. The molecule has 0 radical (unpaired) electrons. The number of aliphatic hydroxyl groups excluding tert-OH is 1. The van der Waals surface area contributed by atoms with Crippen LogP contribution in [0.1, 0.15) is 18.1 Å². The number of rotatable bonds is 10. The maximum absolute atomic E-state index is 13.1. The zero-order valence-electron chi connectivity index (χ0n) is 22.2. The minimum atomic E-state index is -4.89. The molecule has 3 rings (SSSR count). The molecule has 0 amide bonds. The van der Waals surface area contributed by atoms with Gasteiger partial charge in [0.15, 0.2) is 5.90 Å². The molecule has 0 aliphatic carbocycles. The maximum atomic E-state index is 13.1. The molecule has 0 bridgehead atoms. The van der Waals surface area contributed by atoms with Crippen LogP contribution in [0.4, 0.5) is 19.0 Å². The van der Waals surface area contributed by atoms with E-state index in [9.17, 15) is 27.9 Å². The molecule has 0 saturated carbocycles. The number of hydrogen-bond acceptors (Lipinski definition) is 7. The molecule has 9 nitrogen and oxygen atoms in total. The van der Waals surface area contributed by atoms with E-state index in [4.69, 9.17) is 21.1 Å². The van der Waals surface area contributed by atoms with Gasteiger partial charge in [-0.3, -0.25) is 13.9 Å². The third-order valence-corrected chi connectivity index (χ3v) is 6.27. The first-order chi connectivity index (χ1) is 18.8. The van der Waals surface area contributed by atoms with Crippen LogP contribution >= 0.6 is 11.6 Å². The number of hydrogen-bond donors (Lipinski definition) is 1. The van der Waals surface area contributed by atoms with Crippen LogP contribution in [-0.4, -0.2) is 46.3 Å². The molecule has 0 saturated heterocycles. The largest absolute Gasteiger partial charge is 0.573 e. The molecule has 1 aromatic heterocycles. The second-order valence-electron chi connectivity index (χ2n) is 9.05. The Kier molecular flexibility index (Phi) is 10.2. The molecular formula is C27H29ClF3N3O6. The number of methoxy groups -OCH3 is 1. The standard InChI is InChI=1S/C27H29ClF3N3O6/c1-16(12-18-8-10-19(28)11-9-18)24(39-20-6-5-7-21(13-20)40-27(29,30)31)32-23-17(2)25(36)34(26(37)33(23)3)14-22(15-35)38-4/h5-11,13,16,22,35H,12,14-15H2,1-4H3/b32-24+. The summed E-state index contributed by atoms with van der Waals surface area (Å²) in [5.41, 5.74) is -0.348. The van der Waals surface area contributed by atoms with Crippen LogP contribution in [0.3, 0.4) is 0 Å². The van der Waals surface area contributed by atoms with Crippen LogP contribution in [0.25, 0.3) is 0 Å². The first-order valence-corrected chi connectivity index (χ1v) is 12.5. The summed E-state index contributed by atoms with van der Waals surface area (Å²) in [5, 5.41) is 9.98. The van der Waals surface area contributed by atoms with E-state index in [1.165, 1.54) is 33.2 Å². The van der Waals surface area contributed by atoms with Gasteiger partial charge in [0.05, 0.1) is 24.8 Å². The molecule has 0 fully saturated rings. The Labute approximate surface area is 233 Å². The number of halogens is 4. The van der Waals surface area contributed by atoms with Crippen molar-refractivity contribution >= 4 is 23.3 Å². The zero-order valence-corrected chi connectivity index (χ0v) is 23.0. The predicted molar refractivity (Wildman–Crippen MR) is 144 cm³/mol. The van der Waals surface area contributed by atoms with Crippen molar-refractivity contribution < 1.29 is 32.5 Å². The van der Waals surface area contributed by atoms with Crippen molar-refractivity contribution in [3.63, 3.8) is 0 Å². The lowest BCUT2D eigenvalue weighted by Crippen LogP contribution is -2.43. The second kappa shape index (κ2) is 13.2. The van der Waals surface area contributed by atoms with Crippen molar-refractivity contribution in [3.05, 3.63) is 85.5 Å². The Morgan fingerprint density at radius 2 is 1.77 bits per heavy atom. The normalized spacial score (nSPS) is 13.7. The lowest BCUT2D eigenvalue weighted by Gasteiger charge is -2.19. The van der Waals surface area contributed by atoms with Crippen molar-refractivity contribution in [2.24, 2.45) is 18.0 Å². The Morgan fingerprint density at radius 1 is 1.12 bits per heavy atom. The molecular weight excluding hydrogens is 555 g/mol. The lowest BCUT2D eigenvalue weighted by atomic mass is 10.0. The summed E-state index contributed by atoms with van der Waals surface area (Å²) in [4.78, 5) is 30.7. The second-order valence-corrected chi connectivity index (χ2v) is 9.49. The topological polar surface area (TPSA) is 104 Å². The fourth-order valence-electron chi connectivity index (χ4n) is 3.89. The van der Waals surface area contributed by atoms with Gasteiger partial charge in [-0.25, -0.2) is 4.79 Å². The van der Waals surface area contributed by atoms with Crippen molar-refractivity contribution in [3.8, 4) is 11.5 Å². The minimum absolute atomic E-state index is 0.00451. The first kappa shape index (κ1) is 30.9. The van der Waals surface area contributed by atoms with Crippen molar-refractivity contribution in [2.75, 3.05) is 13.7 Å². The molecule has 0 aliphatic rings. The number of aliphatic hydroxyl groups is 1. The van der Waals surface area contributed by atoms with Crippen molar-refractivity contribution in [2.45, 2.75) is 39.3 Å². The van der Waals surface area contributed by atoms with E-state index in [1.54, 1.807) is 19.1 Å². The van der Waals surface area contributed by atoms with Gasteiger partial charge in [-0.1, -0.05) is 36.7 Å². The Hall–Kier alpha value is -3.61. The highest BCUT2D eigenvalue weighted by Gasteiger charge is 2.31. The van der Waals surface area contributed by atoms with Crippen molar-refractivity contribution in [1.29, 1.82) is 0 Å². The van der Waals surface area contributed by atoms with Gasteiger partial charge >= 0.3 is 12.1 Å². The number of alkyl halides is 3. The summed E-state index contributed by atoms with van der Waals surface area (Å²) >= 11 is 5.99. The Bertz CT molecular complexity index is 1430.